The number of carbonyl (C=O) groups excluding carboxylic acids is 1. The van der Waals surface area contributed by atoms with E-state index in [-0.39, 0.29) is 6.03 Å². The van der Waals surface area contributed by atoms with Crippen molar-refractivity contribution < 1.29 is 4.79 Å². The van der Waals surface area contributed by atoms with Crippen LogP contribution in [0.5, 0.6) is 0 Å². The minimum atomic E-state index is 0.107. The molecule has 2 amide bonds. The van der Waals surface area contributed by atoms with E-state index in [0.717, 1.165) is 31.3 Å². The molecule has 1 saturated heterocycles. The average Bonchev–Trinajstić information content (AvgIpc) is 3.13. The molecule has 2 aliphatic rings. The highest BCUT2D eigenvalue weighted by Gasteiger charge is 2.37. The summed E-state index contributed by atoms with van der Waals surface area (Å²) in [5.74, 6) is 1.71. The fraction of sp³-hybridized carbons (Fsp3) is 0.800. The predicted octanol–water partition coefficient (Wildman–Crippen LogP) is 1.81. The Morgan fingerprint density at radius 1 is 1.38 bits per heavy atom. The molecule has 1 aliphatic carbocycles. The quantitative estimate of drug-likeness (QED) is 0.920. The molecule has 116 valence electrons. The first kappa shape index (κ1) is 14.4. The Hall–Kier alpha value is -1.59. The molecule has 2 unspecified atom stereocenters. The van der Waals surface area contributed by atoms with Gasteiger partial charge in [-0.1, -0.05) is 19.8 Å². The average molecular weight is 291 g/mol. The van der Waals surface area contributed by atoms with E-state index in [4.69, 9.17) is 0 Å². The summed E-state index contributed by atoms with van der Waals surface area (Å²) in [6.45, 7) is 4.36. The Kier molecular flexibility index (Phi) is 4.41. The summed E-state index contributed by atoms with van der Waals surface area (Å²) in [6.07, 6.45) is 8.87. The minimum absolute atomic E-state index is 0.107. The molecule has 0 spiro atoms. The van der Waals surface area contributed by atoms with E-state index in [1.807, 2.05) is 4.57 Å². The molecule has 1 aromatic heterocycles. The van der Waals surface area contributed by atoms with E-state index in [1.165, 1.54) is 32.1 Å². The van der Waals surface area contributed by atoms with Crippen LogP contribution >= 0.6 is 0 Å². The molecule has 0 aromatic carbocycles. The zero-order chi connectivity index (χ0) is 14.7. The predicted molar refractivity (Wildman–Crippen MR) is 79.9 cm³/mol. The largest absolute Gasteiger partial charge is 0.336 e. The zero-order valence-electron chi connectivity index (χ0n) is 12.8. The number of fused-ring (bicyclic) bond motifs is 1. The molecule has 6 heteroatoms. The molecule has 0 bridgehead atoms. The number of rotatable bonds is 4. The number of nitrogens with zero attached hydrogens (tertiary/aromatic N) is 4. The lowest BCUT2D eigenvalue weighted by atomic mass is 9.85. The third-order valence-electron chi connectivity index (χ3n) is 4.91. The van der Waals surface area contributed by atoms with Crippen LogP contribution in [0.3, 0.4) is 0 Å². The number of hydrogen-bond acceptors (Lipinski definition) is 3. The second-order valence-corrected chi connectivity index (χ2v) is 6.12. The zero-order valence-corrected chi connectivity index (χ0v) is 12.8. The summed E-state index contributed by atoms with van der Waals surface area (Å²) in [4.78, 5) is 14.4. The summed E-state index contributed by atoms with van der Waals surface area (Å²) in [5.41, 5.74) is 0. The van der Waals surface area contributed by atoms with Crippen LogP contribution in [0, 0.1) is 5.92 Å². The number of aromatic nitrogens is 3. The molecule has 1 aliphatic heterocycles. The van der Waals surface area contributed by atoms with Gasteiger partial charge in [-0.05, 0) is 25.2 Å². The molecular formula is C15H25N5O. The van der Waals surface area contributed by atoms with Crippen molar-refractivity contribution in [2.75, 3.05) is 13.1 Å². The maximum atomic E-state index is 12.4. The molecule has 6 nitrogen and oxygen atoms in total. The monoisotopic (exact) mass is 291 g/mol. The lowest BCUT2D eigenvalue weighted by Gasteiger charge is -2.31. The van der Waals surface area contributed by atoms with E-state index in [0.29, 0.717) is 12.6 Å². The number of aryl methyl sites for hydroxylation is 1. The van der Waals surface area contributed by atoms with E-state index >= 15 is 0 Å². The first-order chi connectivity index (χ1) is 10.3. The molecule has 21 heavy (non-hydrogen) atoms. The standard InChI is InChI=1S/C15H25N5O/c1-2-14-18-17-11-19(14)10-8-16-15(21)20-9-7-12-5-3-4-6-13(12)20/h11-13H,2-10H2,1H3,(H,16,21). The summed E-state index contributed by atoms with van der Waals surface area (Å²) >= 11 is 0. The van der Waals surface area contributed by atoms with Gasteiger partial charge in [-0.25, -0.2) is 4.79 Å². The first-order valence-electron chi connectivity index (χ1n) is 8.20. The highest BCUT2D eigenvalue weighted by molar-refractivity contribution is 5.74. The van der Waals surface area contributed by atoms with E-state index in [1.54, 1.807) is 6.33 Å². The first-order valence-corrected chi connectivity index (χ1v) is 8.20. The third-order valence-corrected chi connectivity index (χ3v) is 4.91. The van der Waals surface area contributed by atoms with Crippen LogP contribution in [0.15, 0.2) is 6.33 Å². The van der Waals surface area contributed by atoms with Crippen molar-refractivity contribution >= 4 is 6.03 Å². The van der Waals surface area contributed by atoms with Crippen LogP contribution in [0.25, 0.3) is 0 Å². The van der Waals surface area contributed by atoms with E-state index < -0.39 is 0 Å². The van der Waals surface area contributed by atoms with E-state index in [2.05, 4.69) is 27.3 Å². The Balaban J connectivity index is 1.48. The van der Waals surface area contributed by atoms with Crippen molar-refractivity contribution in [2.24, 2.45) is 5.92 Å². The molecule has 0 radical (unpaired) electrons. The molecule has 1 saturated carbocycles. The Morgan fingerprint density at radius 2 is 2.24 bits per heavy atom. The Labute approximate surface area is 125 Å². The van der Waals surface area contributed by atoms with Gasteiger partial charge < -0.3 is 14.8 Å². The van der Waals surface area contributed by atoms with Crippen molar-refractivity contribution in [1.82, 2.24) is 25.0 Å². The molecule has 3 rings (SSSR count). The summed E-state index contributed by atoms with van der Waals surface area (Å²) in [6, 6.07) is 0.593. The maximum absolute atomic E-state index is 12.4. The van der Waals surface area contributed by atoms with Crippen LogP contribution in [0.2, 0.25) is 0 Å². The van der Waals surface area contributed by atoms with Gasteiger partial charge in [0.1, 0.15) is 12.2 Å². The van der Waals surface area contributed by atoms with Gasteiger partial charge >= 0.3 is 6.03 Å². The van der Waals surface area contributed by atoms with Gasteiger partial charge in [0.25, 0.3) is 0 Å². The van der Waals surface area contributed by atoms with Gasteiger partial charge in [0.05, 0.1) is 0 Å². The third kappa shape index (κ3) is 3.04. The second kappa shape index (κ2) is 6.45. The van der Waals surface area contributed by atoms with Gasteiger partial charge in [0, 0.05) is 32.1 Å². The number of nitrogens with one attached hydrogen (secondary N) is 1. The fourth-order valence-electron chi connectivity index (χ4n) is 3.78. The number of likely N-dealkylation sites (tertiary alicyclic amines) is 1. The van der Waals surface area contributed by atoms with Crippen molar-refractivity contribution in [3.8, 4) is 0 Å². The smallest absolute Gasteiger partial charge is 0.317 e. The van der Waals surface area contributed by atoms with Crippen LogP contribution in [-0.4, -0.2) is 44.8 Å². The van der Waals surface area contributed by atoms with Crippen molar-refractivity contribution in [3.05, 3.63) is 12.2 Å². The highest BCUT2D eigenvalue weighted by atomic mass is 16.2. The van der Waals surface area contributed by atoms with Gasteiger partial charge in [0.15, 0.2) is 0 Å². The Bertz CT molecular complexity index is 486. The molecule has 1 N–H and O–H groups in total. The molecule has 2 heterocycles. The normalized spacial score (nSPS) is 24.9. The summed E-state index contributed by atoms with van der Waals surface area (Å²) < 4.78 is 2.01. The van der Waals surface area contributed by atoms with Gasteiger partial charge in [-0.3, -0.25) is 0 Å². The van der Waals surface area contributed by atoms with E-state index in [9.17, 15) is 4.79 Å². The van der Waals surface area contributed by atoms with Crippen LogP contribution < -0.4 is 5.32 Å². The van der Waals surface area contributed by atoms with Gasteiger partial charge in [-0.15, -0.1) is 10.2 Å². The topological polar surface area (TPSA) is 63.1 Å². The van der Waals surface area contributed by atoms with Crippen molar-refractivity contribution in [2.45, 2.75) is 58.0 Å². The Morgan fingerprint density at radius 3 is 3.10 bits per heavy atom. The second-order valence-electron chi connectivity index (χ2n) is 6.12. The lowest BCUT2D eigenvalue weighted by Crippen LogP contribution is -2.45. The lowest BCUT2D eigenvalue weighted by molar-refractivity contribution is 0.169. The minimum Gasteiger partial charge on any atom is -0.336 e. The van der Waals surface area contributed by atoms with Gasteiger partial charge in [-0.2, -0.15) is 0 Å². The van der Waals surface area contributed by atoms with Gasteiger partial charge in [0.2, 0.25) is 0 Å². The van der Waals surface area contributed by atoms with Crippen molar-refractivity contribution in [3.63, 3.8) is 0 Å². The van der Waals surface area contributed by atoms with Crippen LogP contribution in [0.4, 0.5) is 4.79 Å². The SMILES string of the molecule is CCc1nncn1CCNC(=O)N1CCC2CCCCC21. The molecule has 2 fully saturated rings. The number of carbonyl (C=O) groups is 1. The number of urea groups is 1. The summed E-state index contributed by atoms with van der Waals surface area (Å²) in [5, 5.41) is 11.0. The molecule has 1 aromatic rings. The number of hydrogen-bond donors (Lipinski definition) is 1. The molecular weight excluding hydrogens is 266 g/mol. The maximum Gasteiger partial charge on any atom is 0.317 e. The molecule has 2 atom stereocenters. The summed E-state index contributed by atoms with van der Waals surface area (Å²) in [7, 11) is 0. The van der Waals surface area contributed by atoms with Crippen LogP contribution in [-0.2, 0) is 13.0 Å². The van der Waals surface area contributed by atoms with Crippen LogP contribution in [0.1, 0.15) is 44.9 Å². The number of amides is 2. The highest BCUT2D eigenvalue weighted by Crippen LogP contribution is 2.35. The fourth-order valence-corrected chi connectivity index (χ4v) is 3.78. The van der Waals surface area contributed by atoms with Crippen molar-refractivity contribution in [1.29, 1.82) is 0 Å².